The average Bonchev–Trinajstić information content (AvgIpc) is 2.89. The largest absolute Gasteiger partial charge is 0.479 e. The minimum atomic E-state index is -1.59. The summed E-state index contributed by atoms with van der Waals surface area (Å²) in [5, 5.41) is 71.2. The van der Waals surface area contributed by atoms with E-state index < -0.39 is 92.3 Å². The van der Waals surface area contributed by atoms with Crippen molar-refractivity contribution >= 4 is 5.97 Å². The summed E-state index contributed by atoms with van der Waals surface area (Å²) in [6.07, 6.45) is -11.2. The number of rotatable bonds is 11. The first kappa shape index (κ1) is 31.6. The summed E-state index contributed by atoms with van der Waals surface area (Å²) >= 11 is 0. The van der Waals surface area contributed by atoms with Crippen LogP contribution in [0.5, 0.6) is 0 Å². The lowest BCUT2D eigenvalue weighted by Gasteiger charge is -2.44. The van der Waals surface area contributed by atoms with Crippen molar-refractivity contribution in [2.24, 2.45) is 5.92 Å². The first-order valence-corrected chi connectivity index (χ1v) is 13.5. The predicted octanol–water partition coefficient (Wildman–Crippen LogP) is -1.13. The van der Waals surface area contributed by atoms with Gasteiger partial charge >= 0.3 is 5.97 Å². The van der Waals surface area contributed by atoms with Crippen LogP contribution in [0, 0.1) is 5.92 Å². The molecule has 0 aromatic carbocycles. The number of hydrogen-bond donors (Lipinski definition) is 7. The molecule has 0 bridgehead atoms. The molecular formula is C25H44O13. The summed E-state index contributed by atoms with van der Waals surface area (Å²) < 4.78 is 28.3. The molecule has 13 nitrogen and oxygen atoms in total. The molecule has 5 unspecified atom stereocenters. The zero-order valence-corrected chi connectivity index (χ0v) is 22.1. The van der Waals surface area contributed by atoms with Crippen molar-refractivity contribution in [1.82, 2.24) is 0 Å². The van der Waals surface area contributed by atoms with Gasteiger partial charge in [-0.05, 0) is 33.1 Å². The van der Waals surface area contributed by atoms with E-state index in [1.807, 2.05) is 0 Å². The Morgan fingerprint density at radius 2 is 1.39 bits per heavy atom. The monoisotopic (exact) mass is 552 g/mol. The van der Waals surface area contributed by atoms with Crippen LogP contribution in [0.4, 0.5) is 0 Å². The molecule has 0 aromatic heterocycles. The lowest BCUT2D eigenvalue weighted by atomic mass is 9.85. The van der Waals surface area contributed by atoms with E-state index >= 15 is 0 Å². The van der Waals surface area contributed by atoms with E-state index in [-0.39, 0.29) is 12.3 Å². The number of ether oxygens (including phenoxy) is 5. The first-order valence-electron chi connectivity index (χ1n) is 13.5. The van der Waals surface area contributed by atoms with Crippen LogP contribution >= 0.6 is 0 Å². The molecule has 0 aromatic rings. The quantitative estimate of drug-likeness (QED) is 0.162. The maximum atomic E-state index is 12.0. The lowest BCUT2D eigenvalue weighted by molar-refractivity contribution is -0.339. The van der Waals surface area contributed by atoms with Gasteiger partial charge in [-0.3, -0.25) is 0 Å². The summed E-state index contributed by atoms with van der Waals surface area (Å²) in [4.78, 5) is 12.0. The molecule has 38 heavy (non-hydrogen) atoms. The summed E-state index contributed by atoms with van der Waals surface area (Å²) in [5.74, 6) is -1.04. The molecule has 3 fully saturated rings. The van der Waals surface area contributed by atoms with Crippen molar-refractivity contribution in [2.75, 3.05) is 6.61 Å². The molecule has 2 saturated heterocycles. The van der Waals surface area contributed by atoms with Gasteiger partial charge in [0.05, 0.1) is 24.9 Å². The van der Waals surface area contributed by atoms with E-state index in [2.05, 4.69) is 0 Å². The van der Waals surface area contributed by atoms with Gasteiger partial charge in [0.15, 0.2) is 18.7 Å². The molecule has 3 rings (SSSR count). The number of aliphatic hydroxyl groups excluding tert-OH is 6. The third-order valence-electron chi connectivity index (χ3n) is 7.86. The molecule has 3 aliphatic rings. The molecule has 2 aliphatic heterocycles. The van der Waals surface area contributed by atoms with Crippen LogP contribution in [-0.2, 0) is 28.5 Å². The van der Waals surface area contributed by atoms with Gasteiger partial charge in [-0.1, -0.05) is 32.1 Å². The highest BCUT2D eigenvalue weighted by molar-refractivity contribution is 5.72. The SMILES string of the molecule is CC1O[C@@H](OC(C)[C@@H](C)O[C@@H]2O[C@@H](CO)[C@H](O)C(O[C@@H](CC3CCCCC3)C(=O)O)C2O)C(O)[C@@H](O)[C@@H]1O. The summed E-state index contributed by atoms with van der Waals surface area (Å²) in [5.41, 5.74) is 0. The summed E-state index contributed by atoms with van der Waals surface area (Å²) in [7, 11) is 0. The second-order valence-electron chi connectivity index (χ2n) is 10.7. The average molecular weight is 553 g/mol. The van der Waals surface area contributed by atoms with Crippen molar-refractivity contribution < 1.29 is 64.2 Å². The Kier molecular flexibility index (Phi) is 11.7. The highest BCUT2D eigenvalue weighted by atomic mass is 16.7. The van der Waals surface area contributed by atoms with Crippen LogP contribution in [-0.4, -0.2) is 128 Å². The van der Waals surface area contributed by atoms with Gasteiger partial charge in [0.25, 0.3) is 0 Å². The normalized spacial score (nSPS) is 41.4. The minimum absolute atomic E-state index is 0.164. The Morgan fingerprint density at radius 1 is 0.816 bits per heavy atom. The molecule has 13 heteroatoms. The molecule has 0 radical (unpaired) electrons. The predicted molar refractivity (Wildman–Crippen MR) is 129 cm³/mol. The van der Waals surface area contributed by atoms with Crippen molar-refractivity contribution in [3.05, 3.63) is 0 Å². The van der Waals surface area contributed by atoms with Crippen molar-refractivity contribution in [1.29, 1.82) is 0 Å². The maximum absolute atomic E-state index is 12.0. The van der Waals surface area contributed by atoms with E-state index in [0.29, 0.717) is 0 Å². The number of carboxylic acid groups (broad SMARTS) is 1. The molecule has 2 heterocycles. The van der Waals surface area contributed by atoms with Crippen LogP contribution in [0.25, 0.3) is 0 Å². The number of aliphatic carboxylic acids is 1. The molecule has 0 amide bonds. The van der Waals surface area contributed by atoms with Crippen LogP contribution in [0.3, 0.4) is 0 Å². The Morgan fingerprint density at radius 3 is 1.95 bits per heavy atom. The van der Waals surface area contributed by atoms with Gasteiger partial charge in [0, 0.05) is 0 Å². The fraction of sp³-hybridized carbons (Fsp3) is 0.960. The highest BCUT2D eigenvalue weighted by Gasteiger charge is 2.49. The second-order valence-corrected chi connectivity index (χ2v) is 10.7. The first-order chi connectivity index (χ1) is 17.9. The highest BCUT2D eigenvalue weighted by Crippen LogP contribution is 2.32. The molecule has 1 saturated carbocycles. The molecular weight excluding hydrogens is 508 g/mol. The number of aliphatic hydroxyl groups is 6. The number of carbonyl (C=O) groups is 1. The van der Waals surface area contributed by atoms with Crippen molar-refractivity contribution in [3.8, 4) is 0 Å². The number of hydrogen-bond acceptors (Lipinski definition) is 12. The molecule has 1 aliphatic carbocycles. The Labute approximate surface area is 222 Å². The Hall–Kier alpha value is -0.970. The van der Waals surface area contributed by atoms with Gasteiger partial charge in [0.1, 0.15) is 42.7 Å². The number of carboxylic acids is 1. The topological polar surface area (TPSA) is 205 Å². The summed E-state index contributed by atoms with van der Waals surface area (Å²) in [6, 6.07) is 0. The van der Waals surface area contributed by atoms with Crippen LogP contribution in [0.15, 0.2) is 0 Å². The van der Waals surface area contributed by atoms with E-state index in [9.17, 15) is 40.5 Å². The smallest absolute Gasteiger partial charge is 0.332 e. The van der Waals surface area contributed by atoms with Crippen LogP contribution in [0.2, 0.25) is 0 Å². The third kappa shape index (κ3) is 7.61. The molecule has 0 spiro atoms. The van der Waals surface area contributed by atoms with E-state index in [1.165, 1.54) is 6.92 Å². The van der Waals surface area contributed by atoms with Crippen LogP contribution in [0.1, 0.15) is 59.3 Å². The minimum Gasteiger partial charge on any atom is -0.479 e. The zero-order valence-electron chi connectivity index (χ0n) is 22.1. The molecule has 13 atom stereocenters. The van der Waals surface area contributed by atoms with Gasteiger partial charge in [-0.25, -0.2) is 4.79 Å². The maximum Gasteiger partial charge on any atom is 0.332 e. The molecule has 7 N–H and O–H groups in total. The fourth-order valence-electron chi connectivity index (χ4n) is 5.23. The van der Waals surface area contributed by atoms with E-state index in [1.54, 1.807) is 13.8 Å². The standard InChI is InChI=1S/C25H44O13/c1-11(34-24-20(30)19(29)17(27)13(3)36-24)12(2)35-25-21(31)22(18(28)16(10-26)38-25)37-15(23(32)33)9-14-7-5-4-6-8-14/h11-22,24-31H,4-10H2,1-3H3,(H,32,33)/t11?,12-,13?,15+,16+,17-,18+,19+,20?,21?,22?,24-,25-/m1/s1. The lowest BCUT2D eigenvalue weighted by Crippen LogP contribution is -2.62. The van der Waals surface area contributed by atoms with Gasteiger partial charge in [0.2, 0.25) is 0 Å². The summed E-state index contributed by atoms with van der Waals surface area (Å²) in [6.45, 7) is 4.07. The fourth-order valence-corrected chi connectivity index (χ4v) is 5.23. The van der Waals surface area contributed by atoms with Crippen molar-refractivity contribution in [2.45, 2.75) is 139 Å². The van der Waals surface area contributed by atoms with Gasteiger partial charge in [-0.15, -0.1) is 0 Å². The third-order valence-corrected chi connectivity index (χ3v) is 7.86. The molecule has 222 valence electrons. The van der Waals surface area contributed by atoms with Gasteiger partial charge < -0.3 is 59.4 Å². The van der Waals surface area contributed by atoms with E-state index in [0.717, 1.165) is 32.1 Å². The van der Waals surface area contributed by atoms with E-state index in [4.69, 9.17) is 23.7 Å². The zero-order chi connectivity index (χ0) is 28.1. The van der Waals surface area contributed by atoms with Crippen LogP contribution < -0.4 is 0 Å². The van der Waals surface area contributed by atoms with Crippen molar-refractivity contribution in [3.63, 3.8) is 0 Å². The van der Waals surface area contributed by atoms with Gasteiger partial charge in [-0.2, -0.15) is 0 Å². The Balaban J connectivity index is 1.64. The second kappa shape index (κ2) is 14.1. The Bertz CT molecular complexity index is 734.